The van der Waals surface area contributed by atoms with Crippen molar-refractivity contribution in [3.63, 3.8) is 0 Å². The summed E-state index contributed by atoms with van der Waals surface area (Å²) in [6, 6.07) is 20.2. The van der Waals surface area contributed by atoms with E-state index in [1.807, 2.05) is 0 Å². The fourth-order valence-electron chi connectivity index (χ4n) is 3.19. The fourth-order valence-corrected chi connectivity index (χ4v) is 4.51. The Hall–Kier alpha value is -4.22. The quantitative estimate of drug-likeness (QED) is 0.268. The first kappa shape index (κ1) is 23.9. The highest BCUT2D eigenvalue weighted by atomic mass is 32.2. The average molecular weight is 492 g/mol. The zero-order valence-corrected chi connectivity index (χ0v) is 19.5. The maximum absolute atomic E-state index is 13.5. The van der Waals surface area contributed by atoms with Crippen molar-refractivity contribution in [2.24, 2.45) is 0 Å². The van der Waals surface area contributed by atoms with Crippen molar-refractivity contribution in [3.05, 3.63) is 78.4 Å². The van der Waals surface area contributed by atoms with Crippen LogP contribution in [0.1, 0.15) is 17.3 Å². The molecule has 11 heteroatoms. The summed E-state index contributed by atoms with van der Waals surface area (Å²) in [4.78, 5) is 25.2. The van der Waals surface area contributed by atoms with E-state index in [1.165, 1.54) is 0 Å². The van der Waals surface area contributed by atoms with Gasteiger partial charge in [0.05, 0.1) is 17.9 Å². The number of aromatic amines is 1. The number of amides is 1. The van der Waals surface area contributed by atoms with E-state index in [4.69, 9.17) is 9.47 Å². The molecule has 35 heavy (non-hydrogen) atoms. The second-order valence-corrected chi connectivity index (χ2v) is 8.50. The minimum atomic E-state index is -1.63. The Morgan fingerprint density at radius 3 is 2.43 bits per heavy atom. The van der Waals surface area contributed by atoms with E-state index >= 15 is 0 Å². The van der Waals surface area contributed by atoms with Crippen LogP contribution in [0.5, 0.6) is 5.75 Å². The maximum atomic E-state index is 13.5. The Labute approximate surface area is 203 Å². The number of hydrogen-bond acceptors (Lipinski definition) is 8. The molecule has 0 aliphatic heterocycles. The number of benzene rings is 3. The Morgan fingerprint density at radius 1 is 1.00 bits per heavy atom. The number of anilines is 1. The van der Waals surface area contributed by atoms with Gasteiger partial charge in [0.1, 0.15) is 5.75 Å². The highest BCUT2D eigenvalue weighted by molar-refractivity contribution is 7.91. The summed E-state index contributed by atoms with van der Waals surface area (Å²) >= 11 is -1.63. The molecule has 0 saturated carbocycles. The van der Waals surface area contributed by atoms with Crippen LogP contribution >= 0.6 is 0 Å². The zero-order valence-electron chi connectivity index (χ0n) is 18.6. The topological polar surface area (TPSA) is 142 Å². The predicted molar refractivity (Wildman–Crippen MR) is 127 cm³/mol. The molecule has 3 aromatic carbocycles. The third-order valence-corrected chi connectivity index (χ3v) is 6.31. The highest BCUT2D eigenvalue weighted by Gasteiger charge is 2.25. The third-order valence-electron chi connectivity index (χ3n) is 4.80. The molecule has 1 aromatic heterocycles. The molecule has 4 aromatic rings. The summed E-state index contributed by atoms with van der Waals surface area (Å²) in [6.07, 6.45) is 0. The summed E-state index contributed by atoms with van der Waals surface area (Å²) in [5, 5.41) is 16.6. The van der Waals surface area contributed by atoms with E-state index in [-0.39, 0.29) is 19.1 Å². The molecule has 1 heterocycles. The summed E-state index contributed by atoms with van der Waals surface area (Å²) in [5.74, 6) is -0.0467. The lowest BCUT2D eigenvalue weighted by molar-refractivity contribution is -0.145. The molecule has 0 bridgehead atoms. The van der Waals surface area contributed by atoms with Gasteiger partial charge in [-0.3, -0.25) is 4.79 Å². The number of tetrazole rings is 1. The predicted octanol–water partition coefficient (Wildman–Crippen LogP) is 3.23. The van der Waals surface area contributed by atoms with Crippen molar-refractivity contribution >= 4 is 28.7 Å². The fraction of sp³-hybridized carbons (Fsp3) is 0.125. The molecule has 0 saturated heterocycles. The number of rotatable bonds is 9. The SMILES string of the molecule is CCOC(=O)COc1ccc(C(=O)Nc2ccccc2[S+]([O-])c2ccccc2-c2nnn[nH]2)cc1. The van der Waals surface area contributed by atoms with Gasteiger partial charge in [0.25, 0.3) is 5.91 Å². The van der Waals surface area contributed by atoms with Crippen molar-refractivity contribution in [3.8, 4) is 17.1 Å². The van der Waals surface area contributed by atoms with E-state index in [1.54, 1.807) is 79.7 Å². The first-order valence-electron chi connectivity index (χ1n) is 10.6. The molecule has 10 nitrogen and oxygen atoms in total. The molecular formula is C24H21N5O5S. The number of aromatic nitrogens is 4. The van der Waals surface area contributed by atoms with E-state index in [0.717, 1.165) is 0 Å². The van der Waals surface area contributed by atoms with Crippen LogP contribution in [0, 0.1) is 0 Å². The van der Waals surface area contributed by atoms with Crippen molar-refractivity contribution in [2.75, 3.05) is 18.5 Å². The van der Waals surface area contributed by atoms with Gasteiger partial charge in [0, 0.05) is 16.7 Å². The van der Waals surface area contributed by atoms with Crippen LogP contribution in [0.15, 0.2) is 82.6 Å². The van der Waals surface area contributed by atoms with Gasteiger partial charge in [-0.05, 0) is 65.9 Å². The highest BCUT2D eigenvalue weighted by Crippen LogP contribution is 2.33. The summed E-state index contributed by atoms with van der Waals surface area (Å²) < 4.78 is 23.7. The standard InChI is InChI=1S/C24H21N5O5S/c1-2-33-22(30)15-34-17-13-11-16(12-14-17)24(31)25-19-8-4-6-10-21(19)35(32)20-9-5-3-7-18(20)23-26-28-29-27-23/h3-14H,2,15H2,1H3,(H,25,31)(H,26,27,28,29). The Balaban J connectivity index is 1.50. The molecule has 0 aliphatic carbocycles. The molecule has 1 atom stereocenters. The average Bonchev–Trinajstić information content (AvgIpc) is 3.43. The number of esters is 1. The Morgan fingerprint density at radius 2 is 1.71 bits per heavy atom. The number of ether oxygens (including phenoxy) is 2. The van der Waals surface area contributed by atoms with Crippen LogP contribution in [0.25, 0.3) is 11.4 Å². The monoisotopic (exact) mass is 491 g/mol. The maximum Gasteiger partial charge on any atom is 0.344 e. The van der Waals surface area contributed by atoms with Crippen molar-refractivity contribution in [1.29, 1.82) is 0 Å². The molecule has 178 valence electrons. The molecule has 0 radical (unpaired) electrons. The van der Waals surface area contributed by atoms with Crippen molar-refractivity contribution in [1.82, 2.24) is 20.6 Å². The number of carbonyl (C=O) groups is 2. The van der Waals surface area contributed by atoms with E-state index < -0.39 is 17.1 Å². The van der Waals surface area contributed by atoms with Gasteiger partial charge in [-0.1, -0.05) is 24.3 Å². The van der Waals surface area contributed by atoms with Crippen molar-refractivity contribution in [2.45, 2.75) is 16.7 Å². The normalized spacial score (nSPS) is 11.5. The van der Waals surface area contributed by atoms with Crippen LogP contribution in [0.2, 0.25) is 0 Å². The minimum absolute atomic E-state index is 0.218. The molecule has 0 fully saturated rings. The van der Waals surface area contributed by atoms with E-state index in [0.29, 0.717) is 38.2 Å². The molecule has 0 spiro atoms. The number of nitrogens with zero attached hydrogens (tertiary/aromatic N) is 3. The van der Waals surface area contributed by atoms with Gasteiger partial charge < -0.3 is 19.3 Å². The zero-order chi connectivity index (χ0) is 24.6. The van der Waals surface area contributed by atoms with Crippen molar-refractivity contribution < 1.29 is 23.6 Å². The largest absolute Gasteiger partial charge is 0.606 e. The van der Waals surface area contributed by atoms with Gasteiger partial charge in [-0.2, -0.15) is 0 Å². The van der Waals surface area contributed by atoms with Gasteiger partial charge in [-0.15, -0.1) is 5.10 Å². The third kappa shape index (κ3) is 5.83. The second kappa shape index (κ2) is 11.3. The summed E-state index contributed by atoms with van der Waals surface area (Å²) in [5.41, 5.74) is 1.36. The van der Waals surface area contributed by atoms with Crippen LogP contribution in [-0.2, 0) is 20.7 Å². The lowest BCUT2D eigenvalue weighted by Gasteiger charge is -2.16. The number of hydrogen-bond donors (Lipinski definition) is 2. The number of nitrogens with one attached hydrogen (secondary N) is 2. The number of para-hydroxylation sites is 1. The molecule has 1 unspecified atom stereocenters. The molecule has 1 amide bonds. The lowest BCUT2D eigenvalue weighted by atomic mass is 10.2. The van der Waals surface area contributed by atoms with Gasteiger partial charge in [0.15, 0.2) is 22.2 Å². The minimum Gasteiger partial charge on any atom is -0.606 e. The van der Waals surface area contributed by atoms with Crippen LogP contribution in [0.4, 0.5) is 5.69 Å². The smallest absolute Gasteiger partial charge is 0.344 e. The first-order valence-corrected chi connectivity index (χ1v) is 11.8. The van der Waals surface area contributed by atoms with Gasteiger partial charge in [-0.25, -0.2) is 9.89 Å². The number of carbonyl (C=O) groups excluding carboxylic acids is 2. The molecule has 4 rings (SSSR count). The Kier molecular flexibility index (Phi) is 7.70. The van der Waals surface area contributed by atoms with Gasteiger partial charge in [0.2, 0.25) is 0 Å². The molecule has 0 aliphatic rings. The van der Waals surface area contributed by atoms with Crippen LogP contribution in [-0.4, -0.2) is 50.3 Å². The van der Waals surface area contributed by atoms with Gasteiger partial charge >= 0.3 is 5.97 Å². The number of H-pyrrole nitrogens is 1. The molecule has 2 N–H and O–H groups in total. The van der Waals surface area contributed by atoms with E-state index in [2.05, 4.69) is 25.9 Å². The van der Waals surface area contributed by atoms with Crippen LogP contribution < -0.4 is 10.1 Å². The van der Waals surface area contributed by atoms with E-state index in [9.17, 15) is 14.1 Å². The second-order valence-electron chi connectivity index (χ2n) is 7.08. The van der Waals surface area contributed by atoms with Crippen LogP contribution in [0.3, 0.4) is 0 Å². The Bertz CT molecular complexity index is 1300. The lowest BCUT2D eigenvalue weighted by Crippen LogP contribution is -2.16. The first-order chi connectivity index (χ1) is 17.1. The summed E-state index contributed by atoms with van der Waals surface area (Å²) in [6.45, 7) is 1.77. The summed E-state index contributed by atoms with van der Waals surface area (Å²) in [7, 11) is 0. The molecular weight excluding hydrogens is 470 g/mol.